The first kappa shape index (κ1) is 8.38. The van der Waals surface area contributed by atoms with Crippen molar-refractivity contribution in [3.8, 4) is 0 Å². The number of rotatable bonds is 1. The molecule has 0 bridgehead atoms. The van der Waals surface area contributed by atoms with Gasteiger partial charge in [-0.1, -0.05) is 11.6 Å². The highest BCUT2D eigenvalue weighted by atomic mass is 35.5. The number of aliphatic imine (C=N–C) groups is 1. The van der Waals surface area contributed by atoms with Crippen LogP contribution >= 0.6 is 11.6 Å². The molecule has 3 N–H and O–H groups in total. The average Bonchev–Trinajstić information content (AvgIpc) is 2.62. The summed E-state index contributed by atoms with van der Waals surface area (Å²) in [4.78, 5) is 4.28. The lowest BCUT2D eigenvalue weighted by Gasteiger charge is -2.03. The minimum Gasteiger partial charge on any atom is -0.398 e. The van der Waals surface area contributed by atoms with Crippen molar-refractivity contribution in [1.82, 2.24) is 5.32 Å². The smallest absolute Gasteiger partial charge is 0.128 e. The number of anilines is 1. The quantitative estimate of drug-likeness (QED) is 0.664. The minimum atomic E-state index is 0.578. The van der Waals surface area contributed by atoms with E-state index >= 15 is 0 Å². The lowest BCUT2D eigenvalue weighted by atomic mass is 10.2. The second kappa shape index (κ2) is 3.26. The Labute approximate surface area is 81.6 Å². The highest BCUT2D eigenvalue weighted by Gasteiger charge is 2.08. The summed E-state index contributed by atoms with van der Waals surface area (Å²) in [6, 6.07) is 5.53. The van der Waals surface area contributed by atoms with E-state index < -0.39 is 0 Å². The SMILES string of the molecule is Nc1ccc(C2=NCCN2)cc1Cl. The molecule has 1 aromatic carbocycles. The molecule has 0 spiro atoms. The molecule has 0 saturated carbocycles. The molecule has 0 radical (unpaired) electrons. The van der Waals surface area contributed by atoms with Crippen LogP contribution in [0.5, 0.6) is 0 Å². The maximum Gasteiger partial charge on any atom is 0.128 e. The van der Waals surface area contributed by atoms with Crippen LogP contribution in [0.4, 0.5) is 5.69 Å². The Morgan fingerprint density at radius 1 is 1.46 bits per heavy atom. The van der Waals surface area contributed by atoms with Gasteiger partial charge >= 0.3 is 0 Å². The molecule has 0 aromatic heterocycles. The summed E-state index contributed by atoms with van der Waals surface area (Å²) in [5, 5.41) is 3.75. The van der Waals surface area contributed by atoms with Crippen LogP contribution in [0, 0.1) is 0 Å². The van der Waals surface area contributed by atoms with Gasteiger partial charge in [0.1, 0.15) is 5.84 Å². The van der Waals surface area contributed by atoms with Crippen molar-refractivity contribution in [1.29, 1.82) is 0 Å². The van der Waals surface area contributed by atoms with Gasteiger partial charge in [0.15, 0.2) is 0 Å². The summed E-state index contributed by atoms with van der Waals surface area (Å²) >= 11 is 5.88. The second-order valence-corrected chi connectivity index (χ2v) is 3.30. The van der Waals surface area contributed by atoms with Crippen LogP contribution < -0.4 is 11.1 Å². The fraction of sp³-hybridized carbons (Fsp3) is 0.222. The number of benzene rings is 1. The van der Waals surface area contributed by atoms with Gasteiger partial charge < -0.3 is 11.1 Å². The molecule has 3 nitrogen and oxygen atoms in total. The first-order chi connectivity index (χ1) is 6.27. The number of nitrogens with zero attached hydrogens (tertiary/aromatic N) is 1. The summed E-state index contributed by atoms with van der Waals surface area (Å²) in [7, 11) is 0. The number of nitrogens with one attached hydrogen (secondary N) is 1. The fourth-order valence-corrected chi connectivity index (χ4v) is 1.45. The molecule has 13 heavy (non-hydrogen) atoms. The third kappa shape index (κ3) is 1.60. The van der Waals surface area contributed by atoms with E-state index in [1.54, 1.807) is 6.07 Å². The summed E-state index contributed by atoms with van der Waals surface area (Å²) in [6.45, 7) is 1.73. The molecule has 0 saturated heterocycles. The lowest BCUT2D eigenvalue weighted by Crippen LogP contribution is -2.19. The van der Waals surface area contributed by atoms with E-state index in [-0.39, 0.29) is 0 Å². The molecular weight excluding hydrogens is 186 g/mol. The van der Waals surface area contributed by atoms with E-state index in [9.17, 15) is 0 Å². The molecule has 1 aliphatic heterocycles. The summed E-state index contributed by atoms with van der Waals surface area (Å²) in [6.07, 6.45) is 0. The molecule has 1 aliphatic rings. The van der Waals surface area contributed by atoms with Gasteiger partial charge in [-0.3, -0.25) is 4.99 Å². The van der Waals surface area contributed by atoms with Gasteiger partial charge in [-0.05, 0) is 18.2 Å². The Morgan fingerprint density at radius 3 is 2.92 bits per heavy atom. The molecule has 2 rings (SSSR count). The van der Waals surface area contributed by atoms with Crippen LogP contribution in [0.15, 0.2) is 23.2 Å². The van der Waals surface area contributed by atoms with Crippen LogP contribution in [0.2, 0.25) is 5.02 Å². The molecule has 0 unspecified atom stereocenters. The van der Waals surface area contributed by atoms with Crippen molar-refractivity contribution in [2.24, 2.45) is 4.99 Å². The Bertz CT molecular complexity index is 360. The van der Waals surface area contributed by atoms with E-state index in [2.05, 4.69) is 10.3 Å². The molecule has 0 amide bonds. The maximum atomic E-state index is 5.88. The zero-order valence-corrected chi connectivity index (χ0v) is 7.80. The van der Waals surface area contributed by atoms with Crippen LogP contribution in [0.3, 0.4) is 0 Å². The van der Waals surface area contributed by atoms with Gasteiger partial charge in [-0.15, -0.1) is 0 Å². The third-order valence-corrected chi connectivity index (χ3v) is 2.28. The van der Waals surface area contributed by atoms with E-state index in [0.29, 0.717) is 10.7 Å². The predicted molar refractivity (Wildman–Crippen MR) is 55.3 cm³/mol. The molecule has 68 valence electrons. The number of amidine groups is 1. The average molecular weight is 196 g/mol. The number of nitrogens with two attached hydrogens (primary N) is 1. The first-order valence-electron chi connectivity index (χ1n) is 4.11. The zero-order chi connectivity index (χ0) is 9.26. The molecule has 0 atom stereocenters. The minimum absolute atomic E-state index is 0.578. The van der Waals surface area contributed by atoms with Gasteiger partial charge in [0.2, 0.25) is 0 Å². The standard InChI is InChI=1S/C9H10ClN3/c10-7-5-6(1-2-8(7)11)9-12-3-4-13-9/h1-2,5H,3-4,11H2,(H,12,13). The van der Waals surface area contributed by atoms with Gasteiger partial charge in [0.25, 0.3) is 0 Å². The van der Waals surface area contributed by atoms with E-state index in [1.807, 2.05) is 12.1 Å². The monoisotopic (exact) mass is 195 g/mol. The zero-order valence-electron chi connectivity index (χ0n) is 7.05. The summed E-state index contributed by atoms with van der Waals surface area (Å²) < 4.78 is 0. The topological polar surface area (TPSA) is 50.4 Å². The van der Waals surface area contributed by atoms with E-state index in [0.717, 1.165) is 24.5 Å². The molecular formula is C9H10ClN3. The van der Waals surface area contributed by atoms with Crippen molar-refractivity contribution < 1.29 is 0 Å². The lowest BCUT2D eigenvalue weighted by molar-refractivity contribution is 0.960. The van der Waals surface area contributed by atoms with Crippen molar-refractivity contribution in [2.45, 2.75) is 0 Å². The van der Waals surface area contributed by atoms with E-state index in [1.165, 1.54) is 0 Å². The normalized spacial score (nSPS) is 15.3. The second-order valence-electron chi connectivity index (χ2n) is 2.89. The van der Waals surface area contributed by atoms with Gasteiger partial charge in [0.05, 0.1) is 17.3 Å². The molecule has 0 aliphatic carbocycles. The number of hydrogen-bond acceptors (Lipinski definition) is 3. The third-order valence-electron chi connectivity index (χ3n) is 1.95. The number of halogens is 1. The summed E-state index contributed by atoms with van der Waals surface area (Å²) in [5.41, 5.74) is 7.19. The van der Waals surface area contributed by atoms with Gasteiger partial charge in [-0.2, -0.15) is 0 Å². The fourth-order valence-electron chi connectivity index (χ4n) is 1.27. The number of hydrogen-bond donors (Lipinski definition) is 2. The van der Waals surface area contributed by atoms with Crippen molar-refractivity contribution in [3.05, 3.63) is 28.8 Å². The molecule has 1 heterocycles. The largest absolute Gasteiger partial charge is 0.398 e. The van der Waals surface area contributed by atoms with E-state index in [4.69, 9.17) is 17.3 Å². The Morgan fingerprint density at radius 2 is 2.31 bits per heavy atom. The van der Waals surface area contributed by atoms with Crippen molar-refractivity contribution >= 4 is 23.1 Å². The van der Waals surface area contributed by atoms with Crippen LogP contribution in [0.1, 0.15) is 5.56 Å². The predicted octanol–water partition coefficient (Wildman–Crippen LogP) is 1.27. The van der Waals surface area contributed by atoms with Crippen LogP contribution in [-0.2, 0) is 0 Å². The Balaban J connectivity index is 2.36. The van der Waals surface area contributed by atoms with Crippen molar-refractivity contribution in [3.63, 3.8) is 0 Å². The van der Waals surface area contributed by atoms with Crippen LogP contribution in [0.25, 0.3) is 0 Å². The Kier molecular flexibility index (Phi) is 2.10. The molecule has 4 heteroatoms. The number of nitrogen functional groups attached to an aromatic ring is 1. The van der Waals surface area contributed by atoms with Crippen LogP contribution in [-0.4, -0.2) is 18.9 Å². The summed E-state index contributed by atoms with van der Waals surface area (Å²) in [5.74, 6) is 0.905. The van der Waals surface area contributed by atoms with Gasteiger partial charge in [-0.25, -0.2) is 0 Å². The highest BCUT2D eigenvalue weighted by Crippen LogP contribution is 2.20. The molecule has 1 aromatic rings. The maximum absolute atomic E-state index is 5.88. The Hall–Kier alpha value is -1.22. The highest BCUT2D eigenvalue weighted by molar-refractivity contribution is 6.33. The van der Waals surface area contributed by atoms with Crippen molar-refractivity contribution in [2.75, 3.05) is 18.8 Å². The first-order valence-corrected chi connectivity index (χ1v) is 4.49. The van der Waals surface area contributed by atoms with Gasteiger partial charge in [0, 0.05) is 12.1 Å². The molecule has 0 fully saturated rings.